The van der Waals surface area contributed by atoms with E-state index in [1.807, 2.05) is 35.2 Å². The van der Waals surface area contributed by atoms with E-state index in [1.165, 1.54) is 24.3 Å². The number of halogens is 2. The Morgan fingerprint density at radius 3 is 2.35 bits per heavy atom. The third kappa shape index (κ3) is 3.12. The molecule has 168 valence electrons. The molecular weight excluding hydrogens is 453 g/mol. The van der Waals surface area contributed by atoms with Crippen molar-refractivity contribution in [2.75, 3.05) is 4.90 Å². The highest BCUT2D eigenvalue weighted by Gasteiger charge is 2.65. The average molecular weight is 472 g/mol. The number of anilines is 1. The molecule has 5 nitrogen and oxygen atoms in total. The maximum absolute atomic E-state index is 14.1. The number of fused-ring (bicyclic) bond motifs is 3. The first-order valence-electron chi connectivity index (χ1n) is 10.7. The molecule has 0 bridgehead atoms. The van der Waals surface area contributed by atoms with Gasteiger partial charge in [-0.2, -0.15) is 5.26 Å². The highest BCUT2D eigenvalue weighted by molar-refractivity contribution is 6.30. The fraction of sp³-hybridized carbons (Fsp3) is 0.148. The van der Waals surface area contributed by atoms with Gasteiger partial charge in [-0.05, 0) is 53.6 Å². The van der Waals surface area contributed by atoms with Crippen LogP contribution in [0.1, 0.15) is 27.4 Å². The quantitative estimate of drug-likeness (QED) is 0.557. The van der Waals surface area contributed by atoms with Gasteiger partial charge in [-0.3, -0.25) is 9.59 Å². The van der Waals surface area contributed by atoms with Crippen molar-refractivity contribution in [2.45, 2.75) is 18.0 Å². The predicted octanol–water partition coefficient (Wildman–Crippen LogP) is 4.73. The Morgan fingerprint density at radius 2 is 1.71 bits per heavy atom. The summed E-state index contributed by atoms with van der Waals surface area (Å²) in [5.74, 6) is -2.54. The molecule has 0 aliphatic carbocycles. The summed E-state index contributed by atoms with van der Waals surface area (Å²) in [6, 6.07) is 19.9. The fourth-order valence-corrected chi connectivity index (χ4v) is 5.38. The number of para-hydroxylation sites is 1. The number of rotatable bonds is 4. The van der Waals surface area contributed by atoms with E-state index in [9.17, 15) is 19.2 Å². The number of primary amides is 1. The summed E-state index contributed by atoms with van der Waals surface area (Å²) in [4.78, 5) is 28.9. The number of benzene rings is 3. The first-order chi connectivity index (χ1) is 16.4. The van der Waals surface area contributed by atoms with Crippen molar-refractivity contribution in [2.24, 2.45) is 11.1 Å². The molecule has 3 aromatic rings. The third-order valence-electron chi connectivity index (χ3n) is 6.76. The second-order valence-corrected chi connectivity index (χ2v) is 8.90. The van der Waals surface area contributed by atoms with Crippen LogP contribution in [0, 0.1) is 22.6 Å². The normalized spacial score (nSPS) is 24.7. The summed E-state index contributed by atoms with van der Waals surface area (Å²) < 4.78 is 13.8. The molecule has 1 amide bonds. The molecule has 2 aliphatic rings. The van der Waals surface area contributed by atoms with Crippen molar-refractivity contribution >= 4 is 35.1 Å². The molecule has 1 saturated heterocycles. The summed E-state index contributed by atoms with van der Waals surface area (Å²) in [7, 11) is 0. The number of hydrogen-bond donors (Lipinski definition) is 1. The molecule has 2 heterocycles. The topological polar surface area (TPSA) is 87.2 Å². The standard InChI is InChI=1S/C27H19ClFN3O2/c28-19-10-5-18(6-11-19)25(33)24-23(17-7-12-20(29)13-8-17)27(15-30,26(31)34)22-14-9-16-3-1-2-4-21(16)32(22)24/h1-14,22-24H,(H2,31,34)/t22-,23-,24-,27-/m0/s1. The number of carbonyl (C=O) groups is 2. The molecule has 3 aromatic carbocycles. The third-order valence-corrected chi connectivity index (χ3v) is 7.02. The number of Topliss-reactive ketones (excluding diaryl/α,β-unsaturated/α-hetero) is 1. The van der Waals surface area contributed by atoms with Crippen LogP contribution in [0.5, 0.6) is 0 Å². The van der Waals surface area contributed by atoms with Gasteiger partial charge in [-0.15, -0.1) is 0 Å². The van der Waals surface area contributed by atoms with Crippen LogP contribution < -0.4 is 10.6 Å². The van der Waals surface area contributed by atoms with E-state index in [2.05, 4.69) is 6.07 Å². The van der Waals surface area contributed by atoms with Crippen LogP contribution in [-0.2, 0) is 4.79 Å². The molecule has 2 N–H and O–H groups in total. The van der Waals surface area contributed by atoms with E-state index in [0.29, 0.717) is 21.8 Å². The zero-order valence-electron chi connectivity index (χ0n) is 17.9. The van der Waals surface area contributed by atoms with Crippen molar-refractivity contribution < 1.29 is 14.0 Å². The molecule has 0 saturated carbocycles. The first kappa shape index (κ1) is 21.9. The SMILES string of the molecule is N#C[C@]1(C(N)=O)[C@@H]2C=Cc3ccccc3N2[C@H](C(=O)c2ccc(Cl)cc2)[C@@H]1c1ccc(F)cc1. The monoisotopic (exact) mass is 471 g/mol. The van der Waals surface area contributed by atoms with E-state index < -0.39 is 35.1 Å². The van der Waals surface area contributed by atoms with Crippen LogP contribution in [0.3, 0.4) is 0 Å². The lowest BCUT2D eigenvalue weighted by Gasteiger charge is -2.36. The number of hydrogen-bond acceptors (Lipinski definition) is 4. The molecule has 0 radical (unpaired) electrons. The van der Waals surface area contributed by atoms with E-state index in [4.69, 9.17) is 17.3 Å². The fourth-order valence-electron chi connectivity index (χ4n) is 5.26. The van der Waals surface area contributed by atoms with Gasteiger partial charge in [0.15, 0.2) is 11.2 Å². The largest absolute Gasteiger partial charge is 0.368 e. The molecule has 34 heavy (non-hydrogen) atoms. The molecule has 2 aliphatic heterocycles. The summed E-state index contributed by atoms with van der Waals surface area (Å²) >= 11 is 6.03. The Kier molecular flexibility index (Phi) is 5.22. The van der Waals surface area contributed by atoms with Crippen molar-refractivity contribution in [1.82, 2.24) is 0 Å². The van der Waals surface area contributed by atoms with Crippen LogP contribution >= 0.6 is 11.6 Å². The van der Waals surface area contributed by atoms with Gasteiger partial charge in [0, 0.05) is 22.2 Å². The minimum atomic E-state index is -1.77. The minimum Gasteiger partial charge on any atom is -0.368 e. The maximum atomic E-state index is 14.1. The molecule has 0 unspecified atom stereocenters. The van der Waals surface area contributed by atoms with E-state index >= 15 is 0 Å². The Hall–Kier alpha value is -3.95. The zero-order valence-corrected chi connectivity index (χ0v) is 18.6. The first-order valence-corrected chi connectivity index (χ1v) is 11.1. The molecule has 4 atom stereocenters. The average Bonchev–Trinajstić information content (AvgIpc) is 3.16. The van der Waals surface area contributed by atoms with Crippen molar-refractivity contribution in [1.29, 1.82) is 5.26 Å². The highest BCUT2D eigenvalue weighted by Crippen LogP contribution is 2.55. The molecule has 0 aromatic heterocycles. The number of nitrogens with two attached hydrogens (primary N) is 1. The molecule has 7 heteroatoms. The predicted molar refractivity (Wildman–Crippen MR) is 128 cm³/mol. The van der Waals surface area contributed by atoms with Crippen LogP contribution in [-0.4, -0.2) is 23.8 Å². The van der Waals surface area contributed by atoms with Crippen LogP contribution in [0.4, 0.5) is 10.1 Å². The van der Waals surface area contributed by atoms with Gasteiger partial charge in [0.2, 0.25) is 5.91 Å². The lowest BCUT2D eigenvalue weighted by molar-refractivity contribution is -0.125. The Bertz CT molecular complexity index is 1360. The van der Waals surface area contributed by atoms with Gasteiger partial charge in [0.05, 0.1) is 12.1 Å². The van der Waals surface area contributed by atoms with Crippen LogP contribution in [0.25, 0.3) is 6.08 Å². The van der Waals surface area contributed by atoms with E-state index in [0.717, 1.165) is 5.56 Å². The number of amides is 1. The molecular formula is C27H19ClFN3O2. The summed E-state index contributed by atoms with van der Waals surface area (Å²) in [6.07, 6.45) is 3.59. The second kappa shape index (κ2) is 8.12. The molecule has 1 fully saturated rings. The number of ketones is 1. The molecule has 5 rings (SSSR count). The van der Waals surface area contributed by atoms with Crippen molar-refractivity contribution in [3.63, 3.8) is 0 Å². The minimum absolute atomic E-state index is 0.292. The number of nitrogens with zero attached hydrogens (tertiary/aromatic N) is 2. The lowest BCUT2D eigenvalue weighted by Crippen LogP contribution is -2.49. The summed E-state index contributed by atoms with van der Waals surface area (Å²) in [5.41, 5.74) is 6.58. The number of nitriles is 1. The van der Waals surface area contributed by atoms with Crippen LogP contribution in [0.2, 0.25) is 5.02 Å². The van der Waals surface area contributed by atoms with E-state index in [-0.39, 0.29) is 5.78 Å². The Labute approximate surface area is 200 Å². The van der Waals surface area contributed by atoms with Gasteiger partial charge in [-0.25, -0.2) is 4.39 Å². The summed E-state index contributed by atoms with van der Waals surface area (Å²) in [5, 5.41) is 10.9. The maximum Gasteiger partial charge on any atom is 0.241 e. The highest BCUT2D eigenvalue weighted by atomic mass is 35.5. The second-order valence-electron chi connectivity index (χ2n) is 8.46. The lowest BCUT2D eigenvalue weighted by atomic mass is 9.67. The molecule has 0 spiro atoms. The van der Waals surface area contributed by atoms with Gasteiger partial charge in [0.25, 0.3) is 0 Å². The van der Waals surface area contributed by atoms with Crippen molar-refractivity contribution in [3.05, 3.63) is 106 Å². The number of carbonyl (C=O) groups excluding carboxylic acids is 2. The Balaban J connectivity index is 1.80. The van der Waals surface area contributed by atoms with E-state index in [1.54, 1.807) is 30.3 Å². The smallest absolute Gasteiger partial charge is 0.241 e. The van der Waals surface area contributed by atoms with Gasteiger partial charge < -0.3 is 10.6 Å². The van der Waals surface area contributed by atoms with Gasteiger partial charge in [-0.1, -0.05) is 54.1 Å². The van der Waals surface area contributed by atoms with Crippen molar-refractivity contribution in [3.8, 4) is 6.07 Å². The zero-order chi connectivity index (χ0) is 24.0. The Morgan fingerprint density at radius 1 is 1.03 bits per heavy atom. The van der Waals surface area contributed by atoms with Gasteiger partial charge in [0.1, 0.15) is 11.9 Å². The summed E-state index contributed by atoms with van der Waals surface area (Å²) in [6.45, 7) is 0. The van der Waals surface area contributed by atoms with Crippen LogP contribution in [0.15, 0.2) is 78.9 Å². The van der Waals surface area contributed by atoms with Gasteiger partial charge >= 0.3 is 0 Å².